The number of carboxylic acid groups (broad SMARTS) is 1. The first kappa shape index (κ1) is 29.4. The second-order valence-electron chi connectivity index (χ2n) is 8.66. The van der Waals surface area contributed by atoms with Crippen LogP contribution in [-0.2, 0) is 4.79 Å². The normalized spacial score (nSPS) is 13.8. The van der Waals surface area contributed by atoms with Crippen LogP contribution in [0.4, 0.5) is 0 Å². The fourth-order valence-corrected chi connectivity index (χ4v) is 4.39. The molecule has 1 atom stereocenters. The molecular weight excluding hydrogens is 346 g/mol. The molecule has 28 heavy (non-hydrogen) atoms. The molecule has 0 aromatic rings. The summed E-state index contributed by atoms with van der Waals surface area (Å²) >= 11 is 0. The first-order chi connectivity index (χ1) is 13.0. The summed E-state index contributed by atoms with van der Waals surface area (Å²) in [7, 11) is 0. The largest absolute Gasteiger partial charge is 0.478 e. The number of carboxylic acids is 1. The highest BCUT2D eigenvalue weighted by molar-refractivity contribution is 5.88. The number of unbranched alkanes of at least 4 members (excludes halogenated alkanes) is 13. The van der Waals surface area contributed by atoms with Gasteiger partial charge in [-0.05, 0) is 25.2 Å². The zero-order chi connectivity index (χ0) is 20.4. The maximum atomic E-state index is 11.5. The van der Waals surface area contributed by atoms with Crippen LogP contribution in [0.2, 0.25) is 0 Å². The lowest BCUT2D eigenvalue weighted by Gasteiger charge is -2.30. The molecular formula is C25H51NO2. The van der Waals surface area contributed by atoms with Crippen molar-refractivity contribution in [2.75, 3.05) is 0 Å². The molecule has 0 radical (unpaired) electrons. The predicted molar refractivity (Wildman–Crippen MR) is 124 cm³/mol. The van der Waals surface area contributed by atoms with Gasteiger partial charge in [-0.25, -0.2) is 4.79 Å². The Morgan fingerprint density at radius 1 is 0.714 bits per heavy atom. The van der Waals surface area contributed by atoms with Gasteiger partial charge >= 0.3 is 5.97 Å². The summed E-state index contributed by atoms with van der Waals surface area (Å²) in [5.74, 6) is -0.737. The summed E-state index contributed by atoms with van der Waals surface area (Å²) in [5, 5.41) is 9.48. The summed E-state index contributed by atoms with van der Waals surface area (Å²) in [6.45, 7) is 8.43. The van der Waals surface area contributed by atoms with Crippen LogP contribution in [0, 0.1) is 5.41 Å². The molecule has 0 saturated carbocycles. The Balaban J connectivity index is 0. The summed E-state index contributed by atoms with van der Waals surface area (Å²) in [6.07, 6.45) is 23.9. The monoisotopic (exact) mass is 397 g/mol. The molecule has 0 bridgehead atoms. The molecule has 0 aromatic carbocycles. The van der Waals surface area contributed by atoms with E-state index in [0.29, 0.717) is 5.57 Å². The number of rotatable bonds is 19. The number of carbonyl (C=O) groups is 1. The average molecular weight is 398 g/mol. The Morgan fingerprint density at radius 3 is 1.43 bits per heavy atom. The van der Waals surface area contributed by atoms with Gasteiger partial charge in [-0.1, -0.05) is 123 Å². The van der Waals surface area contributed by atoms with Gasteiger partial charge in [-0.2, -0.15) is 0 Å². The topological polar surface area (TPSA) is 72.3 Å². The van der Waals surface area contributed by atoms with Crippen LogP contribution in [-0.4, -0.2) is 11.1 Å². The van der Waals surface area contributed by atoms with Gasteiger partial charge in [0, 0.05) is 5.57 Å². The lowest BCUT2D eigenvalue weighted by atomic mass is 9.74. The number of hydrogen-bond acceptors (Lipinski definition) is 2. The third kappa shape index (κ3) is 14.2. The van der Waals surface area contributed by atoms with Crippen LogP contribution in [0.5, 0.6) is 0 Å². The van der Waals surface area contributed by atoms with Crippen LogP contribution in [0.3, 0.4) is 0 Å². The quantitative estimate of drug-likeness (QED) is 0.169. The molecule has 0 rings (SSSR count). The zero-order valence-corrected chi connectivity index (χ0v) is 19.7. The van der Waals surface area contributed by atoms with Gasteiger partial charge in [0.25, 0.3) is 0 Å². The van der Waals surface area contributed by atoms with E-state index in [9.17, 15) is 9.90 Å². The third-order valence-corrected chi connectivity index (χ3v) is 6.05. The Morgan fingerprint density at radius 2 is 1.11 bits per heavy atom. The van der Waals surface area contributed by atoms with Gasteiger partial charge in [-0.15, -0.1) is 0 Å². The molecule has 3 heteroatoms. The van der Waals surface area contributed by atoms with Crippen molar-refractivity contribution in [3.8, 4) is 0 Å². The van der Waals surface area contributed by atoms with Gasteiger partial charge in [0.1, 0.15) is 0 Å². The lowest BCUT2D eigenvalue weighted by molar-refractivity contribution is -0.134. The highest BCUT2D eigenvalue weighted by atomic mass is 16.4. The number of hydrogen-bond donors (Lipinski definition) is 2. The number of allylic oxidation sites excluding steroid dienone is 1. The van der Waals surface area contributed by atoms with E-state index >= 15 is 0 Å². The van der Waals surface area contributed by atoms with Gasteiger partial charge in [0.05, 0.1) is 0 Å². The Labute approximate surface area is 176 Å². The van der Waals surface area contributed by atoms with Gasteiger partial charge < -0.3 is 11.3 Å². The van der Waals surface area contributed by atoms with Crippen molar-refractivity contribution in [3.05, 3.63) is 11.6 Å². The SMILES string of the molecule is CC=C(C(=O)O)C(C)(CCC)CCCCCCCCCCCCCCCC.N. The van der Waals surface area contributed by atoms with E-state index in [1.165, 1.54) is 83.5 Å². The Hall–Kier alpha value is -0.830. The summed E-state index contributed by atoms with van der Waals surface area (Å²) < 4.78 is 0. The summed E-state index contributed by atoms with van der Waals surface area (Å²) in [4.78, 5) is 11.5. The predicted octanol–water partition coefficient (Wildman–Crippen LogP) is 8.86. The molecule has 168 valence electrons. The molecule has 0 amide bonds. The number of aliphatic carboxylic acids is 1. The van der Waals surface area contributed by atoms with Crippen LogP contribution in [0.1, 0.15) is 137 Å². The second kappa shape index (κ2) is 19.5. The van der Waals surface area contributed by atoms with Crippen molar-refractivity contribution in [3.63, 3.8) is 0 Å². The van der Waals surface area contributed by atoms with Crippen molar-refractivity contribution in [1.29, 1.82) is 0 Å². The van der Waals surface area contributed by atoms with Crippen LogP contribution in [0.25, 0.3) is 0 Å². The summed E-state index contributed by atoms with van der Waals surface area (Å²) in [5.41, 5.74) is 0.450. The van der Waals surface area contributed by atoms with Crippen LogP contribution < -0.4 is 6.15 Å². The van der Waals surface area contributed by atoms with E-state index in [4.69, 9.17) is 0 Å². The molecule has 0 aromatic heterocycles. The fraction of sp³-hybridized carbons (Fsp3) is 0.880. The van der Waals surface area contributed by atoms with Crippen molar-refractivity contribution < 1.29 is 9.90 Å². The van der Waals surface area contributed by atoms with E-state index in [1.807, 2.05) is 13.0 Å². The minimum atomic E-state index is -0.737. The maximum absolute atomic E-state index is 11.5. The van der Waals surface area contributed by atoms with E-state index in [1.54, 1.807) is 0 Å². The van der Waals surface area contributed by atoms with Crippen molar-refractivity contribution in [2.45, 2.75) is 137 Å². The molecule has 1 unspecified atom stereocenters. The van der Waals surface area contributed by atoms with E-state index in [0.717, 1.165) is 25.7 Å². The van der Waals surface area contributed by atoms with Crippen molar-refractivity contribution >= 4 is 5.97 Å². The molecule has 0 aliphatic carbocycles. The lowest BCUT2D eigenvalue weighted by Crippen LogP contribution is -2.24. The molecule has 0 aliphatic heterocycles. The smallest absolute Gasteiger partial charge is 0.331 e. The first-order valence-corrected chi connectivity index (χ1v) is 11.9. The standard InChI is InChI=1S/C25H48O2.H3N/c1-5-8-9-10-11-12-13-14-15-16-17-18-19-20-22-25(4,21-6-2)23(7-3)24(26)27;/h7H,5-6,8-22H2,1-4H3,(H,26,27);1H3. The van der Waals surface area contributed by atoms with Gasteiger partial charge in [0.15, 0.2) is 0 Å². The van der Waals surface area contributed by atoms with E-state index in [2.05, 4.69) is 20.8 Å². The Bertz CT molecular complexity index is 392. The minimum Gasteiger partial charge on any atom is -0.478 e. The molecule has 0 saturated heterocycles. The third-order valence-electron chi connectivity index (χ3n) is 6.05. The van der Waals surface area contributed by atoms with Crippen molar-refractivity contribution in [2.24, 2.45) is 5.41 Å². The molecule has 3 nitrogen and oxygen atoms in total. The van der Waals surface area contributed by atoms with Gasteiger partial charge in [0.2, 0.25) is 0 Å². The highest BCUT2D eigenvalue weighted by Gasteiger charge is 2.31. The fourth-order valence-electron chi connectivity index (χ4n) is 4.39. The zero-order valence-electron chi connectivity index (χ0n) is 19.7. The Kier molecular flexibility index (Phi) is 20.4. The molecule has 0 spiro atoms. The van der Waals surface area contributed by atoms with Crippen LogP contribution >= 0.6 is 0 Å². The molecule has 4 N–H and O–H groups in total. The highest BCUT2D eigenvalue weighted by Crippen LogP contribution is 2.38. The average Bonchev–Trinajstić information content (AvgIpc) is 2.62. The van der Waals surface area contributed by atoms with E-state index in [-0.39, 0.29) is 11.6 Å². The van der Waals surface area contributed by atoms with Crippen molar-refractivity contribution in [1.82, 2.24) is 6.15 Å². The molecule has 0 fully saturated rings. The van der Waals surface area contributed by atoms with Crippen LogP contribution in [0.15, 0.2) is 11.6 Å². The maximum Gasteiger partial charge on any atom is 0.331 e. The van der Waals surface area contributed by atoms with Gasteiger partial charge in [-0.3, -0.25) is 0 Å². The minimum absolute atomic E-state index is 0. The second-order valence-corrected chi connectivity index (χ2v) is 8.66. The first-order valence-electron chi connectivity index (χ1n) is 11.9. The summed E-state index contributed by atoms with van der Waals surface area (Å²) in [6, 6.07) is 0. The molecule has 0 aliphatic rings. The molecule has 0 heterocycles. The van der Waals surface area contributed by atoms with E-state index < -0.39 is 5.97 Å².